The van der Waals surface area contributed by atoms with Crippen LogP contribution in [0.4, 0.5) is 16.2 Å². The monoisotopic (exact) mass is 456 g/mol. The molecule has 1 heterocycles. The molecule has 176 valence electrons. The molecule has 6 nitrogen and oxygen atoms in total. The van der Waals surface area contributed by atoms with Crippen molar-refractivity contribution in [1.29, 1.82) is 0 Å². The lowest BCUT2D eigenvalue weighted by molar-refractivity contribution is 0.0951. The first-order valence-electron chi connectivity index (χ1n) is 11.9. The minimum atomic E-state index is -0.270. The van der Waals surface area contributed by atoms with Crippen molar-refractivity contribution in [3.05, 3.63) is 95.1 Å². The van der Waals surface area contributed by atoms with E-state index in [-0.39, 0.29) is 11.9 Å². The first-order chi connectivity index (χ1) is 16.6. The minimum absolute atomic E-state index is 0.166. The lowest BCUT2D eigenvalue weighted by Crippen LogP contribution is -2.31. The molecule has 0 atom stereocenters. The zero-order chi connectivity index (χ0) is 23.8. The number of amides is 3. The van der Waals surface area contributed by atoms with Gasteiger partial charge in [-0.05, 0) is 55.5 Å². The molecule has 3 aromatic rings. The van der Waals surface area contributed by atoms with Crippen molar-refractivity contribution in [3.8, 4) is 0 Å². The Balaban J connectivity index is 1.41. The van der Waals surface area contributed by atoms with Crippen LogP contribution in [0.15, 0.2) is 72.8 Å². The van der Waals surface area contributed by atoms with E-state index >= 15 is 0 Å². The molecule has 0 saturated carbocycles. The number of nitrogens with zero attached hydrogens (tertiary/aromatic N) is 1. The Labute approximate surface area is 201 Å². The highest BCUT2D eigenvalue weighted by atomic mass is 16.2. The molecule has 1 aliphatic rings. The number of hydrogen-bond donors (Lipinski definition) is 3. The summed E-state index contributed by atoms with van der Waals surface area (Å²) in [6.07, 6.45) is 3.01. The first kappa shape index (κ1) is 23.4. The molecule has 1 aliphatic heterocycles. The zero-order valence-corrected chi connectivity index (χ0v) is 19.6. The molecule has 0 aliphatic carbocycles. The fraction of sp³-hybridized carbons (Fsp3) is 0.286. The Hall–Kier alpha value is -3.80. The highest BCUT2D eigenvalue weighted by Crippen LogP contribution is 2.30. The van der Waals surface area contributed by atoms with E-state index in [1.54, 1.807) is 6.07 Å². The summed E-state index contributed by atoms with van der Waals surface area (Å²) in [5.41, 5.74) is 5.53. The van der Waals surface area contributed by atoms with Gasteiger partial charge in [-0.25, -0.2) is 4.79 Å². The van der Waals surface area contributed by atoms with Crippen LogP contribution in [0.3, 0.4) is 0 Å². The van der Waals surface area contributed by atoms with Gasteiger partial charge in [0.25, 0.3) is 5.91 Å². The minimum Gasteiger partial charge on any atom is -0.370 e. The number of hydrogen-bond acceptors (Lipinski definition) is 3. The van der Waals surface area contributed by atoms with Gasteiger partial charge in [0.15, 0.2) is 0 Å². The van der Waals surface area contributed by atoms with Crippen molar-refractivity contribution < 1.29 is 9.59 Å². The van der Waals surface area contributed by atoms with Crippen molar-refractivity contribution in [3.63, 3.8) is 0 Å². The van der Waals surface area contributed by atoms with Crippen molar-refractivity contribution in [2.45, 2.75) is 32.7 Å². The predicted octanol–water partition coefficient (Wildman–Crippen LogP) is 4.89. The maximum absolute atomic E-state index is 12.8. The van der Waals surface area contributed by atoms with Crippen LogP contribution in [0, 0.1) is 6.92 Å². The molecule has 0 aromatic heterocycles. The van der Waals surface area contributed by atoms with E-state index in [0.29, 0.717) is 24.3 Å². The molecule has 4 rings (SSSR count). The number of anilines is 2. The van der Waals surface area contributed by atoms with Crippen molar-refractivity contribution >= 4 is 23.3 Å². The molecule has 3 aromatic carbocycles. The van der Waals surface area contributed by atoms with Gasteiger partial charge >= 0.3 is 6.03 Å². The highest BCUT2D eigenvalue weighted by Gasteiger charge is 2.19. The van der Waals surface area contributed by atoms with Crippen LogP contribution in [0.1, 0.15) is 39.9 Å². The largest absolute Gasteiger partial charge is 0.370 e. The van der Waals surface area contributed by atoms with Crippen LogP contribution in [0.2, 0.25) is 0 Å². The maximum atomic E-state index is 12.8. The van der Waals surface area contributed by atoms with E-state index in [4.69, 9.17) is 0 Å². The second kappa shape index (κ2) is 11.4. The van der Waals surface area contributed by atoms with Crippen molar-refractivity contribution in [2.24, 2.45) is 0 Å². The van der Waals surface area contributed by atoms with Gasteiger partial charge in [0, 0.05) is 31.7 Å². The van der Waals surface area contributed by atoms with Crippen LogP contribution >= 0.6 is 0 Å². The van der Waals surface area contributed by atoms with E-state index in [1.807, 2.05) is 73.7 Å². The smallest absolute Gasteiger partial charge is 0.319 e. The Kier molecular flexibility index (Phi) is 7.81. The summed E-state index contributed by atoms with van der Waals surface area (Å²) in [5.74, 6) is -0.166. The molecule has 3 amide bonds. The quantitative estimate of drug-likeness (QED) is 0.452. The van der Waals surface area contributed by atoms with E-state index < -0.39 is 0 Å². The number of carbonyl (C=O) groups excluding carboxylic acids is 2. The molecular weight excluding hydrogens is 424 g/mol. The number of aryl methyl sites for hydroxylation is 1. The summed E-state index contributed by atoms with van der Waals surface area (Å²) in [6, 6.07) is 23.4. The highest BCUT2D eigenvalue weighted by molar-refractivity contribution is 5.99. The van der Waals surface area contributed by atoms with Gasteiger partial charge in [-0.3, -0.25) is 4.79 Å². The van der Waals surface area contributed by atoms with Gasteiger partial charge in [-0.1, -0.05) is 60.2 Å². The molecule has 1 saturated heterocycles. The van der Waals surface area contributed by atoms with Crippen LogP contribution < -0.4 is 20.9 Å². The van der Waals surface area contributed by atoms with E-state index in [0.717, 1.165) is 43.6 Å². The van der Waals surface area contributed by atoms with Gasteiger partial charge in [-0.2, -0.15) is 0 Å². The zero-order valence-electron chi connectivity index (χ0n) is 19.6. The Morgan fingerprint density at radius 2 is 1.59 bits per heavy atom. The molecule has 0 spiro atoms. The van der Waals surface area contributed by atoms with Crippen LogP contribution in [0.5, 0.6) is 0 Å². The second-order valence-electron chi connectivity index (χ2n) is 8.71. The van der Waals surface area contributed by atoms with Crippen LogP contribution in [0.25, 0.3) is 0 Å². The third kappa shape index (κ3) is 6.38. The summed E-state index contributed by atoms with van der Waals surface area (Å²) in [4.78, 5) is 27.7. The van der Waals surface area contributed by atoms with E-state index in [9.17, 15) is 9.59 Å². The topological polar surface area (TPSA) is 73.5 Å². The Morgan fingerprint density at radius 3 is 2.32 bits per heavy atom. The Bertz CT molecular complexity index is 1110. The molecule has 34 heavy (non-hydrogen) atoms. The van der Waals surface area contributed by atoms with Crippen molar-refractivity contribution in [2.75, 3.05) is 29.9 Å². The molecule has 0 radical (unpaired) electrons. The SMILES string of the molecule is Cc1ccc(CNC(=O)c2ccc(N3CCCC3)c(NC(=O)NCCc3ccccc3)c2)cc1. The van der Waals surface area contributed by atoms with Crippen LogP contribution in [-0.2, 0) is 13.0 Å². The summed E-state index contributed by atoms with van der Waals surface area (Å²) >= 11 is 0. The molecule has 1 fully saturated rings. The number of benzene rings is 3. The average Bonchev–Trinajstić information content (AvgIpc) is 3.39. The average molecular weight is 457 g/mol. The van der Waals surface area contributed by atoms with Gasteiger partial charge < -0.3 is 20.9 Å². The van der Waals surface area contributed by atoms with Crippen LogP contribution in [-0.4, -0.2) is 31.6 Å². The fourth-order valence-electron chi connectivity index (χ4n) is 4.13. The predicted molar refractivity (Wildman–Crippen MR) is 137 cm³/mol. The summed E-state index contributed by atoms with van der Waals surface area (Å²) < 4.78 is 0. The Morgan fingerprint density at radius 1 is 0.853 bits per heavy atom. The summed E-state index contributed by atoms with van der Waals surface area (Å²) in [7, 11) is 0. The summed E-state index contributed by atoms with van der Waals surface area (Å²) in [5, 5.41) is 8.88. The van der Waals surface area contributed by atoms with Gasteiger partial charge in [0.05, 0.1) is 11.4 Å². The third-order valence-electron chi connectivity index (χ3n) is 6.07. The maximum Gasteiger partial charge on any atom is 0.319 e. The second-order valence-corrected chi connectivity index (χ2v) is 8.71. The standard InChI is InChI=1S/C28H32N4O2/c1-21-9-11-23(12-10-21)20-30-27(33)24-13-14-26(32-17-5-6-18-32)25(19-24)31-28(34)29-16-15-22-7-3-2-4-8-22/h2-4,7-14,19H,5-6,15-18,20H2,1H3,(H,30,33)(H2,29,31,34). The number of rotatable bonds is 8. The lowest BCUT2D eigenvalue weighted by atomic mass is 10.1. The van der Waals surface area contributed by atoms with Gasteiger partial charge in [0.1, 0.15) is 0 Å². The first-order valence-corrected chi connectivity index (χ1v) is 11.9. The van der Waals surface area contributed by atoms with E-state index in [2.05, 4.69) is 20.9 Å². The number of nitrogens with one attached hydrogen (secondary N) is 3. The normalized spacial score (nSPS) is 12.9. The molecule has 6 heteroatoms. The van der Waals surface area contributed by atoms with Gasteiger partial charge in [-0.15, -0.1) is 0 Å². The van der Waals surface area contributed by atoms with E-state index in [1.165, 1.54) is 11.1 Å². The molecule has 0 unspecified atom stereocenters. The van der Waals surface area contributed by atoms with Gasteiger partial charge in [0.2, 0.25) is 0 Å². The molecule has 0 bridgehead atoms. The molecular formula is C28H32N4O2. The van der Waals surface area contributed by atoms with Crippen molar-refractivity contribution in [1.82, 2.24) is 10.6 Å². The summed E-state index contributed by atoms with van der Waals surface area (Å²) in [6.45, 7) is 4.92. The lowest BCUT2D eigenvalue weighted by Gasteiger charge is -2.22. The third-order valence-corrected chi connectivity index (χ3v) is 6.07. The number of urea groups is 1. The molecule has 3 N–H and O–H groups in total. The fourth-order valence-corrected chi connectivity index (χ4v) is 4.13. The number of carbonyl (C=O) groups is 2.